The van der Waals surface area contributed by atoms with Crippen LogP contribution < -0.4 is 10.1 Å². The molecule has 110 valence electrons. The highest BCUT2D eigenvalue weighted by Crippen LogP contribution is 2.27. The SMILES string of the molecule is O=C(O)c1ccc(NCCOc2ccc(Cl)cc2Cl)cc1. The molecule has 6 heteroatoms. The van der Waals surface area contributed by atoms with Crippen molar-refractivity contribution >= 4 is 34.9 Å². The van der Waals surface area contributed by atoms with Gasteiger partial charge in [-0.1, -0.05) is 23.2 Å². The molecular formula is C15H13Cl2NO3. The first kappa shape index (κ1) is 15.5. The lowest BCUT2D eigenvalue weighted by Gasteiger charge is -2.10. The normalized spacial score (nSPS) is 10.2. The summed E-state index contributed by atoms with van der Waals surface area (Å²) in [5.74, 6) is -0.369. The Kier molecular flexibility index (Phi) is 5.31. The highest BCUT2D eigenvalue weighted by molar-refractivity contribution is 6.35. The number of carboxylic acids is 1. The molecule has 0 saturated heterocycles. The number of carbonyl (C=O) groups is 1. The molecule has 0 aliphatic carbocycles. The number of anilines is 1. The smallest absolute Gasteiger partial charge is 0.335 e. The summed E-state index contributed by atoms with van der Waals surface area (Å²) in [5.41, 5.74) is 1.08. The van der Waals surface area contributed by atoms with Crippen molar-refractivity contribution in [3.8, 4) is 5.75 Å². The summed E-state index contributed by atoms with van der Waals surface area (Å²) in [7, 11) is 0. The Labute approximate surface area is 132 Å². The van der Waals surface area contributed by atoms with Crippen LogP contribution in [0.3, 0.4) is 0 Å². The third-order valence-corrected chi connectivity index (χ3v) is 3.24. The van der Waals surface area contributed by atoms with Gasteiger partial charge >= 0.3 is 5.97 Å². The predicted molar refractivity (Wildman–Crippen MR) is 83.8 cm³/mol. The molecule has 2 rings (SSSR count). The molecule has 0 fully saturated rings. The molecule has 0 atom stereocenters. The van der Waals surface area contributed by atoms with E-state index in [2.05, 4.69) is 5.32 Å². The first-order chi connectivity index (χ1) is 10.1. The fraction of sp³-hybridized carbons (Fsp3) is 0.133. The molecule has 0 unspecified atom stereocenters. The van der Waals surface area contributed by atoms with Gasteiger partial charge in [-0.15, -0.1) is 0 Å². The molecule has 0 saturated carbocycles. The van der Waals surface area contributed by atoms with E-state index in [1.165, 1.54) is 0 Å². The summed E-state index contributed by atoms with van der Waals surface area (Å²) in [6, 6.07) is 11.5. The van der Waals surface area contributed by atoms with Crippen LogP contribution in [0, 0.1) is 0 Å². The molecule has 0 aromatic heterocycles. The molecule has 0 bridgehead atoms. The average Bonchev–Trinajstić information content (AvgIpc) is 2.46. The monoisotopic (exact) mass is 325 g/mol. The Bertz CT molecular complexity index is 629. The van der Waals surface area contributed by atoms with Gasteiger partial charge in [0.25, 0.3) is 0 Å². The van der Waals surface area contributed by atoms with Crippen molar-refractivity contribution in [1.29, 1.82) is 0 Å². The van der Waals surface area contributed by atoms with E-state index in [4.69, 9.17) is 33.0 Å². The van der Waals surface area contributed by atoms with Gasteiger partial charge in [-0.3, -0.25) is 0 Å². The Morgan fingerprint density at radius 3 is 2.48 bits per heavy atom. The molecule has 2 aromatic rings. The van der Waals surface area contributed by atoms with Crippen LogP contribution in [0.5, 0.6) is 5.75 Å². The third-order valence-electron chi connectivity index (χ3n) is 2.71. The average molecular weight is 326 g/mol. The van der Waals surface area contributed by atoms with Gasteiger partial charge in [0, 0.05) is 17.3 Å². The Hall–Kier alpha value is -1.91. The van der Waals surface area contributed by atoms with Crippen molar-refractivity contribution in [2.24, 2.45) is 0 Å². The topological polar surface area (TPSA) is 58.6 Å². The van der Waals surface area contributed by atoms with Crippen molar-refractivity contribution in [3.05, 3.63) is 58.1 Å². The minimum Gasteiger partial charge on any atom is -0.490 e. The van der Waals surface area contributed by atoms with E-state index in [0.717, 1.165) is 5.69 Å². The maximum absolute atomic E-state index is 10.7. The van der Waals surface area contributed by atoms with Crippen LogP contribution in [-0.2, 0) is 0 Å². The summed E-state index contributed by atoms with van der Waals surface area (Å²) >= 11 is 11.8. The first-order valence-corrected chi connectivity index (χ1v) is 6.97. The number of aromatic carboxylic acids is 1. The number of hydrogen-bond acceptors (Lipinski definition) is 3. The lowest BCUT2D eigenvalue weighted by molar-refractivity contribution is 0.0697. The summed E-state index contributed by atoms with van der Waals surface area (Å²) < 4.78 is 5.53. The Balaban J connectivity index is 1.80. The molecular weight excluding hydrogens is 313 g/mol. The maximum Gasteiger partial charge on any atom is 0.335 e. The number of carboxylic acid groups (broad SMARTS) is 1. The fourth-order valence-corrected chi connectivity index (χ4v) is 2.14. The zero-order chi connectivity index (χ0) is 15.2. The first-order valence-electron chi connectivity index (χ1n) is 6.21. The van der Waals surface area contributed by atoms with E-state index in [0.29, 0.717) is 28.9 Å². The van der Waals surface area contributed by atoms with E-state index >= 15 is 0 Å². The zero-order valence-corrected chi connectivity index (χ0v) is 12.5. The van der Waals surface area contributed by atoms with Gasteiger partial charge in [0.1, 0.15) is 12.4 Å². The van der Waals surface area contributed by atoms with E-state index in [1.807, 2.05) is 0 Å². The van der Waals surface area contributed by atoms with Crippen LogP contribution in [-0.4, -0.2) is 24.2 Å². The molecule has 0 amide bonds. The molecule has 0 aliphatic heterocycles. The molecule has 0 heterocycles. The van der Waals surface area contributed by atoms with Crippen molar-refractivity contribution in [2.45, 2.75) is 0 Å². The number of halogens is 2. The van der Waals surface area contributed by atoms with Crippen LogP contribution in [0.2, 0.25) is 10.0 Å². The molecule has 2 N–H and O–H groups in total. The fourth-order valence-electron chi connectivity index (χ4n) is 1.68. The van der Waals surface area contributed by atoms with E-state index in [-0.39, 0.29) is 5.56 Å². The van der Waals surface area contributed by atoms with Crippen molar-refractivity contribution in [3.63, 3.8) is 0 Å². The number of hydrogen-bond donors (Lipinski definition) is 2. The zero-order valence-electron chi connectivity index (χ0n) is 11.0. The largest absolute Gasteiger partial charge is 0.490 e. The Morgan fingerprint density at radius 1 is 1.14 bits per heavy atom. The van der Waals surface area contributed by atoms with Gasteiger partial charge in [-0.05, 0) is 42.5 Å². The van der Waals surface area contributed by atoms with Gasteiger partial charge in [0.05, 0.1) is 10.6 Å². The lowest BCUT2D eigenvalue weighted by Crippen LogP contribution is -2.11. The van der Waals surface area contributed by atoms with Crippen LogP contribution >= 0.6 is 23.2 Å². The van der Waals surface area contributed by atoms with E-state index in [9.17, 15) is 4.79 Å². The highest BCUT2D eigenvalue weighted by atomic mass is 35.5. The van der Waals surface area contributed by atoms with Crippen LogP contribution in [0.15, 0.2) is 42.5 Å². The number of rotatable bonds is 6. The second-order valence-corrected chi connectivity index (χ2v) is 5.08. The number of nitrogens with one attached hydrogen (secondary N) is 1. The van der Waals surface area contributed by atoms with Gasteiger partial charge in [0.2, 0.25) is 0 Å². The van der Waals surface area contributed by atoms with Crippen LogP contribution in [0.1, 0.15) is 10.4 Å². The maximum atomic E-state index is 10.7. The molecule has 0 aliphatic rings. The van der Waals surface area contributed by atoms with Crippen LogP contribution in [0.4, 0.5) is 5.69 Å². The third kappa shape index (κ3) is 4.55. The van der Waals surface area contributed by atoms with Crippen molar-refractivity contribution < 1.29 is 14.6 Å². The molecule has 21 heavy (non-hydrogen) atoms. The van der Waals surface area contributed by atoms with E-state index < -0.39 is 5.97 Å². The predicted octanol–water partition coefficient (Wildman–Crippen LogP) is 4.18. The minimum absolute atomic E-state index is 0.254. The van der Waals surface area contributed by atoms with Crippen LogP contribution in [0.25, 0.3) is 0 Å². The van der Waals surface area contributed by atoms with Crippen molar-refractivity contribution in [1.82, 2.24) is 0 Å². The Morgan fingerprint density at radius 2 is 1.86 bits per heavy atom. The molecule has 0 radical (unpaired) electrons. The molecule has 4 nitrogen and oxygen atoms in total. The number of benzene rings is 2. The standard InChI is InChI=1S/C15H13Cl2NO3/c16-11-3-6-14(13(17)9-11)21-8-7-18-12-4-1-10(2-5-12)15(19)20/h1-6,9,18H,7-8H2,(H,19,20). The molecule has 2 aromatic carbocycles. The summed E-state index contributed by atoms with van der Waals surface area (Å²) in [5, 5.41) is 12.9. The van der Waals surface area contributed by atoms with Crippen molar-refractivity contribution in [2.75, 3.05) is 18.5 Å². The number of ether oxygens (including phenoxy) is 1. The summed E-state index contributed by atoms with van der Waals surface area (Å²) in [6.07, 6.45) is 0. The second-order valence-electron chi connectivity index (χ2n) is 4.23. The van der Waals surface area contributed by atoms with E-state index in [1.54, 1.807) is 42.5 Å². The molecule has 0 spiro atoms. The minimum atomic E-state index is -0.942. The summed E-state index contributed by atoms with van der Waals surface area (Å²) in [6.45, 7) is 0.980. The van der Waals surface area contributed by atoms with Gasteiger partial charge < -0.3 is 15.2 Å². The van der Waals surface area contributed by atoms with Gasteiger partial charge in [-0.25, -0.2) is 4.79 Å². The second kappa shape index (κ2) is 7.20. The highest BCUT2D eigenvalue weighted by Gasteiger charge is 2.03. The lowest BCUT2D eigenvalue weighted by atomic mass is 10.2. The summed E-state index contributed by atoms with van der Waals surface area (Å²) in [4.78, 5) is 10.7. The quantitative estimate of drug-likeness (QED) is 0.782. The van der Waals surface area contributed by atoms with Gasteiger partial charge in [0.15, 0.2) is 0 Å². The van der Waals surface area contributed by atoms with Gasteiger partial charge in [-0.2, -0.15) is 0 Å².